The van der Waals surface area contributed by atoms with Gasteiger partial charge in [-0.1, -0.05) is 13.8 Å². The standard InChI is InChI=1S/C11H21N/c1-5-6-7-8-9-12-11(4)10(2)3/h1,10-12H,6-9H2,2-4H3. The Morgan fingerprint density at radius 2 is 1.92 bits per heavy atom. The van der Waals surface area contributed by atoms with Crippen molar-refractivity contribution in [3.8, 4) is 12.3 Å². The summed E-state index contributed by atoms with van der Waals surface area (Å²) in [6.45, 7) is 7.80. The summed E-state index contributed by atoms with van der Waals surface area (Å²) in [7, 11) is 0. The van der Waals surface area contributed by atoms with Gasteiger partial charge in [0.2, 0.25) is 0 Å². The lowest BCUT2D eigenvalue weighted by Crippen LogP contribution is -2.31. The van der Waals surface area contributed by atoms with Crippen molar-refractivity contribution in [2.24, 2.45) is 5.92 Å². The maximum atomic E-state index is 5.15. The first-order chi connectivity index (χ1) is 5.68. The molecular weight excluding hydrogens is 146 g/mol. The summed E-state index contributed by atoms with van der Waals surface area (Å²) in [5.74, 6) is 3.37. The predicted octanol–water partition coefficient (Wildman–Crippen LogP) is 2.42. The molecule has 0 aromatic heterocycles. The Morgan fingerprint density at radius 1 is 1.25 bits per heavy atom. The van der Waals surface area contributed by atoms with Crippen LogP contribution in [-0.2, 0) is 0 Å². The molecule has 0 rings (SSSR count). The highest BCUT2D eigenvalue weighted by molar-refractivity contribution is 4.82. The van der Waals surface area contributed by atoms with Crippen molar-refractivity contribution in [3.63, 3.8) is 0 Å². The molecule has 0 fully saturated rings. The average Bonchev–Trinajstić information content (AvgIpc) is 2.03. The Balaban J connectivity index is 3.15. The Bertz CT molecular complexity index is 132. The van der Waals surface area contributed by atoms with Crippen molar-refractivity contribution in [1.82, 2.24) is 5.32 Å². The molecule has 0 aliphatic rings. The number of unbranched alkanes of at least 4 members (excludes halogenated alkanes) is 2. The monoisotopic (exact) mass is 167 g/mol. The highest BCUT2D eigenvalue weighted by Crippen LogP contribution is 2.00. The fourth-order valence-electron chi connectivity index (χ4n) is 0.917. The van der Waals surface area contributed by atoms with E-state index in [2.05, 4.69) is 32.0 Å². The van der Waals surface area contributed by atoms with Crippen molar-refractivity contribution < 1.29 is 0 Å². The Hall–Kier alpha value is -0.480. The van der Waals surface area contributed by atoms with E-state index in [4.69, 9.17) is 6.42 Å². The van der Waals surface area contributed by atoms with Crippen LogP contribution in [0.25, 0.3) is 0 Å². The van der Waals surface area contributed by atoms with E-state index in [1.807, 2.05) is 0 Å². The minimum Gasteiger partial charge on any atom is -0.314 e. The van der Waals surface area contributed by atoms with E-state index < -0.39 is 0 Å². The van der Waals surface area contributed by atoms with E-state index in [0.717, 1.165) is 25.3 Å². The molecule has 70 valence electrons. The maximum absolute atomic E-state index is 5.15. The van der Waals surface area contributed by atoms with Gasteiger partial charge in [-0.15, -0.1) is 12.3 Å². The lowest BCUT2D eigenvalue weighted by Gasteiger charge is -2.16. The van der Waals surface area contributed by atoms with Gasteiger partial charge in [-0.05, 0) is 32.2 Å². The zero-order chi connectivity index (χ0) is 9.40. The van der Waals surface area contributed by atoms with Gasteiger partial charge in [0.1, 0.15) is 0 Å². The molecule has 0 spiro atoms. The van der Waals surface area contributed by atoms with Crippen LogP contribution in [0.15, 0.2) is 0 Å². The summed E-state index contributed by atoms with van der Waals surface area (Å²) in [5, 5.41) is 3.47. The highest BCUT2D eigenvalue weighted by atomic mass is 14.9. The predicted molar refractivity (Wildman–Crippen MR) is 55.0 cm³/mol. The van der Waals surface area contributed by atoms with Crippen LogP contribution in [0.4, 0.5) is 0 Å². The SMILES string of the molecule is C#CCCCCNC(C)C(C)C. The van der Waals surface area contributed by atoms with E-state index in [0.29, 0.717) is 6.04 Å². The molecule has 1 atom stereocenters. The second kappa shape index (κ2) is 7.18. The van der Waals surface area contributed by atoms with Crippen molar-refractivity contribution in [2.75, 3.05) is 6.54 Å². The molecule has 1 heteroatoms. The first kappa shape index (κ1) is 11.5. The van der Waals surface area contributed by atoms with Crippen LogP contribution in [0.3, 0.4) is 0 Å². The quantitative estimate of drug-likeness (QED) is 0.473. The molecule has 0 aromatic rings. The zero-order valence-electron chi connectivity index (χ0n) is 8.56. The molecular formula is C11H21N. The minimum absolute atomic E-state index is 0.621. The van der Waals surface area contributed by atoms with Gasteiger partial charge in [-0.2, -0.15) is 0 Å². The van der Waals surface area contributed by atoms with Crippen LogP contribution in [0.1, 0.15) is 40.0 Å². The minimum atomic E-state index is 0.621. The highest BCUT2D eigenvalue weighted by Gasteiger charge is 2.03. The van der Waals surface area contributed by atoms with Gasteiger partial charge in [0.05, 0.1) is 0 Å². The topological polar surface area (TPSA) is 12.0 Å². The second-order valence-electron chi connectivity index (χ2n) is 3.65. The van der Waals surface area contributed by atoms with Gasteiger partial charge in [-0.3, -0.25) is 0 Å². The second-order valence-corrected chi connectivity index (χ2v) is 3.65. The van der Waals surface area contributed by atoms with Gasteiger partial charge in [0.15, 0.2) is 0 Å². The fraction of sp³-hybridized carbons (Fsp3) is 0.818. The zero-order valence-corrected chi connectivity index (χ0v) is 8.56. The van der Waals surface area contributed by atoms with Gasteiger partial charge in [0, 0.05) is 12.5 Å². The van der Waals surface area contributed by atoms with E-state index in [-0.39, 0.29) is 0 Å². The van der Waals surface area contributed by atoms with Gasteiger partial charge >= 0.3 is 0 Å². The van der Waals surface area contributed by atoms with Gasteiger partial charge in [0.25, 0.3) is 0 Å². The first-order valence-electron chi connectivity index (χ1n) is 4.85. The van der Waals surface area contributed by atoms with Gasteiger partial charge < -0.3 is 5.32 Å². The van der Waals surface area contributed by atoms with Crippen molar-refractivity contribution in [3.05, 3.63) is 0 Å². The number of hydrogen-bond donors (Lipinski definition) is 1. The van der Waals surface area contributed by atoms with Crippen molar-refractivity contribution in [2.45, 2.75) is 46.1 Å². The van der Waals surface area contributed by atoms with Crippen LogP contribution in [-0.4, -0.2) is 12.6 Å². The molecule has 0 saturated carbocycles. The van der Waals surface area contributed by atoms with Gasteiger partial charge in [-0.25, -0.2) is 0 Å². The molecule has 1 nitrogen and oxygen atoms in total. The van der Waals surface area contributed by atoms with E-state index in [1.165, 1.54) is 6.42 Å². The summed E-state index contributed by atoms with van der Waals surface area (Å²) < 4.78 is 0. The summed E-state index contributed by atoms with van der Waals surface area (Å²) in [5.41, 5.74) is 0. The van der Waals surface area contributed by atoms with Crippen molar-refractivity contribution >= 4 is 0 Å². The van der Waals surface area contributed by atoms with E-state index >= 15 is 0 Å². The normalized spacial score (nSPS) is 12.9. The van der Waals surface area contributed by atoms with Crippen LogP contribution < -0.4 is 5.32 Å². The average molecular weight is 167 g/mol. The largest absolute Gasteiger partial charge is 0.314 e. The maximum Gasteiger partial charge on any atom is 0.00865 e. The van der Waals surface area contributed by atoms with Crippen LogP contribution >= 0.6 is 0 Å². The van der Waals surface area contributed by atoms with Crippen LogP contribution in [0.5, 0.6) is 0 Å². The third-order valence-corrected chi connectivity index (χ3v) is 2.21. The molecule has 1 N–H and O–H groups in total. The van der Waals surface area contributed by atoms with E-state index in [1.54, 1.807) is 0 Å². The van der Waals surface area contributed by atoms with E-state index in [9.17, 15) is 0 Å². The molecule has 12 heavy (non-hydrogen) atoms. The fourth-order valence-corrected chi connectivity index (χ4v) is 0.917. The number of rotatable bonds is 6. The Morgan fingerprint density at radius 3 is 2.42 bits per heavy atom. The third-order valence-electron chi connectivity index (χ3n) is 2.21. The van der Waals surface area contributed by atoms with Crippen LogP contribution in [0.2, 0.25) is 0 Å². The number of hydrogen-bond acceptors (Lipinski definition) is 1. The Kier molecular flexibility index (Phi) is 6.90. The summed E-state index contributed by atoms with van der Waals surface area (Å²) in [6, 6.07) is 0.621. The third kappa shape index (κ3) is 6.24. The molecule has 1 unspecified atom stereocenters. The number of nitrogens with one attached hydrogen (secondary N) is 1. The lowest BCUT2D eigenvalue weighted by atomic mass is 10.1. The molecule has 0 saturated heterocycles. The lowest BCUT2D eigenvalue weighted by molar-refractivity contribution is 0.422. The molecule has 0 amide bonds. The molecule has 0 radical (unpaired) electrons. The first-order valence-corrected chi connectivity index (χ1v) is 4.85. The summed E-state index contributed by atoms with van der Waals surface area (Å²) >= 11 is 0. The Labute approximate surface area is 76.9 Å². The molecule has 0 aliphatic carbocycles. The van der Waals surface area contributed by atoms with Crippen LogP contribution in [0, 0.1) is 18.3 Å². The molecule has 0 heterocycles. The smallest absolute Gasteiger partial charge is 0.00865 e. The molecule has 0 aromatic carbocycles. The van der Waals surface area contributed by atoms with Crippen molar-refractivity contribution in [1.29, 1.82) is 0 Å². The molecule has 0 bridgehead atoms. The summed E-state index contributed by atoms with van der Waals surface area (Å²) in [4.78, 5) is 0. The summed E-state index contributed by atoms with van der Waals surface area (Å²) in [6.07, 6.45) is 8.41. The number of terminal acetylenes is 1. The molecule has 0 aliphatic heterocycles.